The topological polar surface area (TPSA) is 32.3 Å². The van der Waals surface area contributed by atoms with Gasteiger partial charge in [0, 0.05) is 19.2 Å². The monoisotopic (exact) mass is 292 g/mol. The van der Waals surface area contributed by atoms with Crippen LogP contribution in [-0.2, 0) is 17.5 Å². The normalized spacial score (nSPS) is 12.3. The maximum Gasteiger partial charge on any atom is 0.425 e. The van der Waals surface area contributed by atoms with Crippen molar-refractivity contribution in [3.8, 4) is 0 Å². The lowest BCUT2D eigenvalue weighted by atomic mass is 10.2. The molecule has 0 spiro atoms. The van der Waals surface area contributed by atoms with E-state index < -0.39 is 17.0 Å². The Morgan fingerprint density at radius 1 is 1.47 bits per heavy atom. The quantitative estimate of drug-likeness (QED) is 0.846. The van der Waals surface area contributed by atoms with E-state index >= 15 is 0 Å². The van der Waals surface area contributed by atoms with Gasteiger partial charge in [0.2, 0.25) is 5.91 Å². The summed E-state index contributed by atoms with van der Waals surface area (Å²) in [4.78, 5) is 12.6. The number of hydrogen-bond acceptors (Lipinski definition) is 3. The summed E-state index contributed by atoms with van der Waals surface area (Å²) in [5.74, 6) is -0.402. The number of halogens is 3. The van der Waals surface area contributed by atoms with Gasteiger partial charge in [-0.25, -0.2) is 0 Å². The summed E-state index contributed by atoms with van der Waals surface area (Å²) in [6.07, 6.45) is -1.40. The fourth-order valence-electron chi connectivity index (χ4n) is 1.34. The first-order valence-electron chi connectivity index (χ1n) is 5.53. The summed E-state index contributed by atoms with van der Waals surface area (Å²) >= 11 is 0.629. The van der Waals surface area contributed by atoms with Gasteiger partial charge in [-0.1, -0.05) is 6.08 Å². The molecule has 0 saturated heterocycles. The summed E-state index contributed by atoms with van der Waals surface area (Å²) in [5.41, 5.74) is 0.0897. The van der Waals surface area contributed by atoms with E-state index in [1.807, 2.05) is 19.0 Å². The van der Waals surface area contributed by atoms with Gasteiger partial charge < -0.3 is 10.2 Å². The molecule has 1 aromatic rings. The average molecular weight is 292 g/mol. The fraction of sp³-hybridized carbons (Fsp3) is 0.417. The SMILES string of the molecule is CN(C)C/C=C/C(=O)NCc1ccsc1C(F)(F)F. The highest BCUT2D eigenvalue weighted by Gasteiger charge is 2.34. The molecule has 0 aliphatic heterocycles. The summed E-state index contributed by atoms with van der Waals surface area (Å²) in [7, 11) is 3.70. The van der Waals surface area contributed by atoms with E-state index in [0.29, 0.717) is 17.9 Å². The molecular formula is C12H15F3N2OS. The van der Waals surface area contributed by atoms with Crippen LogP contribution in [0.5, 0.6) is 0 Å². The number of carbonyl (C=O) groups is 1. The molecule has 0 aliphatic carbocycles. The minimum absolute atomic E-state index is 0.0897. The molecule has 1 heterocycles. The largest absolute Gasteiger partial charge is 0.425 e. The number of nitrogens with zero attached hydrogens (tertiary/aromatic N) is 1. The number of likely N-dealkylation sites (N-methyl/N-ethyl adjacent to an activating group) is 1. The molecule has 0 aromatic carbocycles. The molecule has 0 atom stereocenters. The molecule has 1 rings (SSSR count). The predicted octanol–water partition coefficient (Wildman–Crippen LogP) is 2.50. The van der Waals surface area contributed by atoms with Crippen LogP contribution in [0.4, 0.5) is 13.2 Å². The standard InChI is InChI=1S/C12H15F3N2OS/c1-17(2)6-3-4-10(18)16-8-9-5-7-19-11(9)12(13,14)15/h3-5,7H,6,8H2,1-2H3,(H,16,18)/b4-3+. The number of nitrogens with one attached hydrogen (secondary N) is 1. The highest BCUT2D eigenvalue weighted by Crippen LogP contribution is 2.35. The number of hydrogen-bond donors (Lipinski definition) is 1. The van der Waals surface area contributed by atoms with E-state index in [-0.39, 0.29) is 12.1 Å². The van der Waals surface area contributed by atoms with Crippen LogP contribution in [0, 0.1) is 0 Å². The van der Waals surface area contributed by atoms with Crippen molar-refractivity contribution < 1.29 is 18.0 Å². The van der Waals surface area contributed by atoms with Gasteiger partial charge in [-0.3, -0.25) is 4.79 Å². The summed E-state index contributed by atoms with van der Waals surface area (Å²) in [6, 6.07) is 1.37. The van der Waals surface area contributed by atoms with Crippen LogP contribution in [0.2, 0.25) is 0 Å². The molecule has 1 aromatic heterocycles. The maximum atomic E-state index is 12.6. The van der Waals surface area contributed by atoms with Crippen molar-refractivity contribution >= 4 is 17.2 Å². The van der Waals surface area contributed by atoms with E-state index in [1.165, 1.54) is 17.5 Å². The number of thiophene rings is 1. The smallest absolute Gasteiger partial charge is 0.348 e. The summed E-state index contributed by atoms with van der Waals surface area (Å²) < 4.78 is 37.7. The molecule has 3 nitrogen and oxygen atoms in total. The molecule has 1 amide bonds. The Morgan fingerprint density at radius 3 is 2.74 bits per heavy atom. The molecular weight excluding hydrogens is 277 g/mol. The van der Waals surface area contributed by atoms with Gasteiger partial charge in [0.25, 0.3) is 0 Å². The highest BCUT2D eigenvalue weighted by molar-refractivity contribution is 7.10. The second kappa shape index (κ2) is 6.72. The third kappa shape index (κ3) is 5.44. The second-order valence-corrected chi connectivity index (χ2v) is 5.07. The molecule has 106 valence electrons. The second-order valence-electron chi connectivity index (χ2n) is 4.16. The van der Waals surface area contributed by atoms with Crippen molar-refractivity contribution in [1.29, 1.82) is 0 Å². The average Bonchev–Trinajstić information content (AvgIpc) is 2.73. The van der Waals surface area contributed by atoms with Gasteiger partial charge >= 0.3 is 6.18 Å². The van der Waals surface area contributed by atoms with E-state index in [4.69, 9.17) is 0 Å². The Morgan fingerprint density at radius 2 is 2.16 bits per heavy atom. The first-order chi connectivity index (χ1) is 8.80. The minimum Gasteiger partial charge on any atom is -0.348 e. The Bertz CT molecular complexity index is 452. The lowest BCUT2D eigenvalue weighted by Gasteiger charge is -2.08. The van der Waals surface area contributed by atoms with E-state index in [0.717, 1.165) is 0 Å². The van der Waals surface area contributed by atoms with E-state index in [2.05, 4.69) is 5.32 Å². The molecule has 7 heteroatoms. The number of amides is 1. The summed E-state index contributed by atoms with van der Waals surface area (Å²) in [6.45, 7) is 0.475. The van der Waals surface area contributed by atoms with Crippen LogP contribution < -0.4 is 5.32 Å². The third-order valence-corrected chi connectivity index (χ3v) is 3.20. The number of rotatable bonds is 5. The van der Waals surface area contributed by atoms with Gasteiger partial charge in [-0.15, -0.1) is 11.3 Å². The first kappa shape index (κ1) is 15.7. The molecule has 0 radical (unpaired) electrons. The van der Waals surface area contributed by atoms with Crippen LogP contribution in [0.25, 0.3) is 0 Å². The van der Waals surface area contributed by atoms with Crippen LogP contribution in [0.1, 0.15) is 10.4 Å². The van der Waals surface area contributed by atoms with E-state index in [1.54, 1.807) is 6.08 Å². The molecule has 19 heavy (non-hydrogen) atoms. The zero-order chi connectivity index (χ0) is 14.5. The van der Waals surface area contributed by atoms with Crippen molar-refractivity contribution in [3.05, 3.63) is 34.0 Å². The molecule has 0 aliphatic rings. The highest BCUT2D eigenvalue weighted by atomic mass is 32.1. The molecule has 0 fully saturated rings. The van der Waals surface area contributed by atoms with Crippen molar-refractivity contribution in [2.24, 2.45) is 0 Å². The van der Waals surface area contributed by atoms with Crippen molar-refractivity contribution in [3.63, 3.8) is 0 Å². The zero-order valence-electron chi connectivity index (χ0n) is 10.6. The Hall–Kier alpha value is -1.34. The third-order valence-electron chi connectivity index (χ3n) is 2.20. The predicted molar refractivity (Wildman–Crippen MR) is 68.9 cm³/mol. The summed E-state index contributed by atoms with van der Waals surface area (Å²) in [5, 5.41) is 3.80. The van der Waals surface area contributed by atoms with Crippen LogP contribution in [-0.4, -0.2) is 31.4 Å². The van der Waals surface area contributed by atoms with Gasteiger partial charge in [-0.2, -0.15) is 13.2 Å². The van der Waals surface area contributed by atoms with Gasteiger partial charge in [0.15, 0.2) is 0 Å². The van der Waals surface area contributed by atoms with Gasteiger partial charge in [0.1, 0.15) is 4.88 Å². The molecule has 0 unspecified atom stereocenters. The van der Waals surface area contributed by atoms with Gasteiger partial charge in [-0.05, 0) is 31.1 Å². The Balaban J connectivity index is 2.52. The maximum absolute atomic E-state index is 12.6. The fourth-order valence-corrected chi connectivity index (χ4v) is 2.13. The first-order valence-corrected chi connectivity index (χ1v) is 6.41. The van der Waals surface area contributed by atoms with Crippen molar-refractivity contribution in [2.75, 3.05) is 20.6 Å². The van der Waals surface area contributed by atoms with E-state index in [9.17, 15) is 18.0 Å². The zero-order valence-corrected chi connectivity index (χ0v) is 11.4. The minimum atomic E-state index is -4.37. The lowest BCUT2D eigenvalue weighted by molar-refractivity contribution is -0.135. The molecule has 1 N–H and O–H groups in total. The Labute approximate surface area is 113 Å². The number of alkyl halides is 3. The molecule has 0 bridgehead atoms. The van der Waals surface area contributed by atoms with Crippen LogP contribution in [0.15, 0.2) is 23.6 Å². The van der Waals surface area contributed by atoms with Crippen molar-refractivity contribution in [2.45, 2.75) is 12.7 Å². The Kier molecular flexibility index (Phi) is 5.56. The molecule has 0 saturated carbocycles. The number of carbonyl (C=O) groups excluding carboxylic acids is 1. The van der Waals surface area contributed by atoms with Crippen LogP contribution >= 0.6 is 11.3 Å². The lowest BCUT2D eigenvalue weighted by Crippen LogP contribution is -2.22. The van der Waals surface area contributed by atoms with Crippen molar-refractivity contribution in [1.82, 2.24) is 10.2 Å². The van der Waals surface area contributed by atoms with Gasteiger partial charge in [0.05, 0.1) is 0 Å². The van der Waals surface area contributed by atoms with Crippen LogP contribution in [0.3, 0.4) is 0 Å².